The lowest BCUT2D eigenvalue weighted by Gasteiger charge is -2.10. The molecule has 0 N–H and O–H groups in total. The summed E-state index contributed by atoms with van der Waals surface area (Å²) in [4.78, 5) is 9.32. The van der Waals surface area contributed by atoms with E-state index in [1.54, 1.807) is 13.3 Å². The number of pyridine rings is 1. The van der Waals surface area contributed by atoms with E-state index < -0.39 is 11.6 Å². The Kier molecular flexibility index (Phi) is 5.48. The summed E-state index contributed by atoms with van der Waals surface area (Å²) in [7, 11) is 1.62. The van der Waals surface area contributed by atoms with Gasteiger partial charge in [-0.1, -0.05) is 6.07 Å². The second kappa shape index (κ2) is 8.36. The van der Waals surface area contributed by atoms with Crippen LogP contribution in [0, 0.1) is 11.6 Å². The van der Waals surface area contributed by atoms with Crippen molar-refractivity contribution in [3.8, 4) is 17.0 Å². The standard InChI is InChI=1S/C22H17F2N3OS/c1-28-18-8-5-15(6-9-18)21-14-29-22(26-20-12-16(23)7-10-19(20)24)27(21)13-17-4-2-3-11-25-17/h2-12,14H,13H2,1H3. The number of rotatable bonds is 5. The van der Waals surface area contributed by atoms with Crippen LogP contribution in [0.25, 0.3) is 11.3 Å². The largest absolute Gasteiger partial charge is 0.497 e. The van der Waals surface area contributed by atoms with E-state index in [0.717, 1.165) is 40.9 Å². The van der Waals surface area contributed by atoms with Gasteiger partial charge in [0, 0.05) is 17.6 Å². The Morgan fingerprint density at radius 3 is 2.62 bits per heavy atom. The molecule has 4 aromatic rings. The third-order valence-electron chi connectivity index (χ3n) is 4.35. The summed E-state index contributed by atoms with van der Waals surface area (Å²) in [6.45, 7) is 0.446. The molecule has 0 atom stereocenters. The lowest BCUT2D eigenvalue weighted by Crippen LogP contribution is -2.17. The average Bonchev–Trinajstić information content (AvgIpc) is 3.13. The number of nitrogens with zero attached hydrogens (tertiary/aromatic N) is 3. The van der Waals surface area contributed by atoms with E-state index in [1.165, 1.54) is 11.3 Å². The fourth-order valence-electron chi connectivity index (χ4n) is 2.89. The van der Waals surface area contributed by atoms with Gasteiger partial charge in [0.15, 0.2) is 4.80 Å². The summed E-state index contributed by atoms with van der Waals surface area (Å²) in [5.41, 5.74) is 2.66. The molecule has 0 spiro atoms. The molecular weight excluding hydrogens is 392 g/mol. The Bertz CT molecular complexity index is 1180. The molecule has 7 heteroatoms. The summed E-state index contributed by atoms with van der Waals surface area (Å²) in [5.74, 6) is -0.351. The smallest absolute Gasteiger partial charge is 0.190 e. The number of ether oxygens (including phenoxy) is 1. The van der Waals surface area contributed by atoms with Crippen LogP contribution < -0.4 is 9.54 Å². The van der Waals surface area contributed by atoms with Gasteiger partial charge >= 0.3 is 0 Å². The van der Waals surface area contributed by atoms with Gasteiger partial charge in [0.1, 0.15) is 23.1 Å². The zero-order valence-corrected chi connectivity index (χ0v) is 16.4. The molecule has 0 radical (unpaired) electrons. The number of methoxy groups -OCH3 is 1. The van der Waals surface area contributed by atoms with E-state index in [1.807, 2.05) is 52.4 Å². The van der Waals surface area contributed by atoms with Crippen LogP contribution in [-0.2, 0) is 6.54 Å². The highest BCUT2D eigenvalue weighted by molar-refractivity contribution is 7.07. The van der Waals surface area contributed by atoms with Crippen molar-refractivity contribution in [2.45, 2.75) is 6.54 Å². The highest BCUT2D eigenvalue weighted by atomic mass is 32.1. The van der Waals surface area contributed by atoms with E-state index >= 15 is 0 Å². The maximum Gasteiger partial charge on any atom is 0.190 e. The summed E-state index contributed by atoms with van der Waals surface area (Å²) in [5, 5.41) is 1.95. The molecular formula is C22H17F2N3OS. The summed E-state index contributed by atoms with van der Waals surface area (Å²) in [6.07, 6.45) is 1.72. The Morgan fingerprint density at radius 1 is 1.07 bits per heavy atom. The van der Waals surface area contributed by atoms with Gasteiger partial charge < -0.3 is 9.30 Å². The monoisotopic (exact) mass is 409 g/mol. The second-order valence-corrected chi connectivity index (χ2v) is 7.08. The molecule has 2 heterocycles. The first-order chi connectivity index (χ1) is 14.1. The van der Waals surface area contributed by atoms with Crippen LogP contribution in [0.1, 0.15) is 5.69 Å². The Balaban J connectivity index is 1.85. The molecule has 0 saturated heterocycles. The predicted octanol–water partition coefficient (Wildman–Crippen LogP) is 5.18. The minimum Gasteiger partial charge on any atom is -0.497 e. The lowest BCUT2D eigenvalue weighted by atomic mass is 10.1. The van der Waals surface area contributed by atoms with Crippen LogP contribution in [-0.4, -0.2) is 16.7 Å². The van der Waals surface area contributed by atoms with Gasteiger partial charge in [0.2, 0.25) is 0 Å². The first kappa shape index (κ1) is 19.0. The van der Waals surface area contributed by atoms with Crippen molar-refractivity contribution in [2.24, 2.45) is 4.99 Å². The molecule has 0 aliphatic heterocycles. The average molecular weight is 409 g/mol. The quantitative estimate of drug-likeness (QED) is 0.456. The Hall–Kier alpha value is -3.32. The summed E-state index contributed by atoms with van der Waals surface area (Å²) in [6, 6.07) is 16.6. The zero-order valence-electron chi connectivity index (χ0n) is 15.5. The molecule has 0 aliphatic rings. The van der Waals surface area contributed by atoms with E-state index in [2.05, 4.69) is 9.98 Å². The van der Waals surface area contributed by atoms with E-state index in [9.17, 15) is 8.78 Å². The SMILES string of the molecule is COc1ccc(-c2csc(=Nc3cc(F)ccc3F)n2Cc2ccccn2)cc1. The molecule has 2 aromatic heterocycles. The first-order valence-corrected chi connectivity index (χ1v) is 9.74. The third kappa shape index (κ3) is 4.25. The maximum absolute atomic E-state index is 14.1. The first-order valence-electron chi connectivity index (χ1n) is 8.86. The molecule has 2 aromatic carbocycles. The van der Waals surface area contributed by atoms with Gasteiger partial charge in [-0.3, -0.25) is 4.98 Å². The minimum absolute atomic E-state index is 0.0390. The molecule has 0 bridgehead atoms. The van der Waals surface area contributed by atoms with Crippen molar-refractivity contribution >= 4 is 17.0 Å². The number of aromatic nitrogens is 2. The molecule has 0 aliphatic carbocycles. The van der Waals surface area contributed by atoms with E-state index in [-0.39, 0.29) is 5.69 Å². The number of halogens is 2. The zero-order chi connectivity index (χ0) is 20.2. The number of hydrogen-bond acceptors (Lipinski definition) is 4. The normalized spacial score (nSPS) is 11.6. The fourth-order valence-corrected chi connectivity index (χ4v) is 3.81. The van der Waals surface area contributed by atoms with E-state index in [0.29, 0.717) is 11.3 Å². The van der Waals surface area contributed by atoms with Crippen molar-refractivity contribution in [1.29, 1.82) is 0 Å². The van der Waals surface area contributed by atoms with Gasteiger partial charge in [-0.15, -0.1) is 11.3 Å². The van der Waals surface area contributed by atoms with Crippen molar-refractivity contribution in [1.82, 2.24) is 9.55 Å². The molecule has 0 saturated carbocycles. The molecule has 4 nitrogen and oxygen atoms in total. The molecule has 0 amide bonds. The van der Waals surface area contributed by atoms with E-state index in [4.69, 9.17) is 4.74 Å². The van der Waals surface area contributed by atoms with Gasteiger partial charge in [0.05, 0.1) is 25.0 Å². The van der Waals surface area contributed by atoms with Crippen LogP contribution in [0.3, 0.4) is 0 Å². The summed E-state index contributed by atoms with van der Waals surface area (Å²) < 4.78 is 34.9. The fraction of sp³-hybridized carbons (Fsp3) is 0.0909. The number of benzene rings is 2. The van der Waals surface area contributed by atoms with Gasteiger partial charge in [-0.05, 0) is 54.1 Å². The van der Waals surface area contributed by atoms with Crippen LogP contribution >= 0.6 is 11.3 Å². The lowest BCUT2D eigenvalue weighted by molar-refractivity contribution is 0.415. The van der Waals surface area contributed by atoms with Crippen LogP contribution in [0.4, 0.5) is 14.5 Å². The molecule has 4 rings (SSSR count). The topological polar surface area (TPSA) is 39.4 Å². The van der Waals surface area contributed by atoms with Crippen LogP contribution in [0.2, 0.25) is 0 Å². The van der Waals surface area contributed by atoms with Crippen LogP contribution in [0.5, 0.6) is 5.75 Å². The van der Waals surface area contributed by atoms with Gasteiger partial charge in [-0.25, -0.2) is 13.8 Å². The minimum atomic E-state index is -0.574. The van der Waals surface area contributed by atoms with Gasteiger partial charge in [-0.2, -0.15) is 0 Å². The van der Waals surface area contributed by atoms with Crippen molar-refractivity contribution in [2.75, 3.05) is 7.11 Å². The van der Waals surface area contributed by atoms with Crippen molar-refractivity contribution < 1.29 is 13.5 Å². The van der Waals surface area contributed by atoms with Crippen molar-refractivity contribution in [3.05, 3.63) is 94.4 Å². The highest BCUT2D eigenvalue weighted by Gasteiger charge is 2.11. The second-order valence-electron chi connectivity index (χ2n) is 6.25. The Labute approximate surface area is 170 Å². The number of hydrogen-bond donors (Lipinski definition) is 0. The van der Waals surface area contributed by atoms with Crippen molar-refractivity contribution in [3.63, 3.8) is 0 Å². The molecule has 146 valence electrons. The number of thiazole rings is 1. The molecule has 0 unspecified atom stereocenters. The third-order valence-corrected chi connectivity index (χ3v) is 5.22. The summed E-state index contributed by atoms with van der Waals surface area (Å²) >= 11 is 1.36. The molecule has 0 fully saturated rings. The highest BCUT2D eigenvalue weighted by Crippen LogP contribution is 2.25. The predicted molar refractivity (Wildman–Crippen MR) is 109 cm³/mol. The Morgan fingerprint density at radius 2 is 1.90 bits per heavy atom. The van der Waals surface area contributed by atoms with Gasteiger partial charge in [0.25, 0.3) is 0 Å². The maximum atomic E-state index is 14.1. The molecule has 29 heavy (non-hydrogen) atoms. The van der Waals surface area contributed by atoms with Crippen LogP contribution in [0.15, 0.2) is 77.2 Å².